The van der Waals surface area contributed by atoms with Gasteiger partial charge in [-0.15, -0.1) is 0 Å². The molecule has 1 aromatic carbocycles. The SMILES string of the molecule is CCCc1c(OCC(=O)OCC)ccc(C(C)=O)c1OCCCCOCCCCI. The van der Waals surface area contributed by atoms with E-state index in [9.17, 15) is 9.59 Å². The summed E-state index contributed by atoms with van der Waals surface area (Å²) in [6, 6.07) is 3.44. The predicted octanol–water partition coefficient (Wildman–Crippen LogP) is 5.17. The number of ether oxygens (including phenoxy) is 4. The Labute approximate surface area is 194 Å². The normalized spacial score (nSPS) is 10.7. The number of unbranched alkanes of at least 4 members (excludes halogenated alkanes) is 2. The Hall–Kier alpha value is -1.35. The van der Waals surface area contributed by atoms with Crippen molar-refractivity contribution in [2.75, 3.05) is 37.5 Å². The van der Waals surface area contributed by atoms with Crippen LogP contribution >= 0.6 is 22.6 Å². The second-order valence-corrected chi connectivity index (χ2v) is 7.96. The van der Waals surface area contributed by atoms with Gasteiger partial charge in [0.2, 0.25) is 0 Å². The third kappa shape index (κ3) is 10.1. The van der Waals surface area contributed by atoms with Gasteiger partial charge in [0.1, 0.15) is 11.5 Å². The maximum atomic E-state index is 12.1. The van der Waals surface area contributed by atoms with Gasteiger partial charge < -0.3 is 18.9 Å². The lowest BCUT2D eigenvalue weighted by Gasteiger charge is -2.18. The molecule has 0 aliphatic rings. The van der Waals surface area contributed by atoms with E-state index < -0.39 is 5.97 Å². The lowest BCUT2D eigenvalue weighted by Crippen LogP contribution is -2.16. The number of carbonyl (C=O) groups excluding carboxylic acids is 2. The number of hydrogen-bond acceptors (Lipinski definition) is 6. The molecule has 0 fully saturated rings. The van der Waals surface area contributed by atoms with E-state index in [4.69, 9.17) is 18.9 Å². The molecule has 0 atom stereocenters. The average molecular weight is 534 g/mol. The highest BCUT2D eigenvalue weighted by molar-refractivity contribution is 14.1. The van der Waals surface area contributed by atoms with Crippen molar-refractivity contribution in [1.29, 1.82) is 0 Å². The quantitative estimate of drug-likeness (QED) is 0.0903. The Balaban J connectivity index is 2.74. The second-order valence-electron chi connectivity index (χ2n) is 6.88. The Morgan fingerprint density at radius 1 is 0.967 bits per heavy atom. The lowest BCUT2D eigenvalue weighted by atomic mass is 10.0. The summed E-state index contributed by atoms with van der Waals surface area (Å²) in [6.45, 7) is 7.49. The summed E-state index contributed by atoms with van der Waals surface area (Å²) in [4.78, 5) is 23.8. The highest BCUT2D eigenvalue weighted by atomic mass is 127. The van der Waals surface area contributed by atoms with E-state index >= 15 is 0 Å². The van der Waals surface area contributed by atoms with Crippen LogP contribution in [-0.2, 0) is 20.7 Å². The van der Waals surface area contributed by atoms with Crippen LogP contribution in [0.5, 0.6) is 11.5 Å². The molecule has 170 valence electrons. The minimum atomic E-state index is -0.420. The molecule has 0 amide bonds. The van der Waals surface area contributed by atoms with Gasteiger partial charge in [-0.05, 0) is 62.5 Å². The Morgan fingerprint density at radius 2 is 1.67 bits per heavy atom. The van der Waals surface area contributed by atoms with Crippen LogP contribution in [0.15, 0.2) is 12.1 Å². The van der Waals surface area contributed by atoms with E-state index in [1.807, 2.05) is 0 Å². The first kappa shape index (κ1) is 26.7. The van der Waals surface area contributed by atoms with Crippen LogP contribution in [0, 0.1) is 0 Å². The first-order valence-electron chi connectivity index (χ1n) is 10.8. The number of carbonyl (C=O) groups is 2. The van der Waals surface area contributed by atoms with Gasteiger partial charge in [-0.25, -0.2) is 4.79 Å². The minimum Gasteiger partial charge on any atom is -0.492 e. The first-order valence-corrected chi connectivity index (χ1v) is 12.3. The molecule has 1 rings (SSSR count). The molecule has 0 aliphatic heterocycles. The number of hydrogen-bond donors (Lipinski definition) is 0. The standard InChI is InChI=1S/C23H35IO6/c1-4-10-20-21(30-17-22(26)28-5-2)12-11-19(18(3)25)23(20)29-16-9-8-15-27-14-7-6-13-24/h11-12H,4-10,13-17H2,1-3H3. The summed E-state index contributed by atoms with van der Waals surface area (Å²) in [5.74, 6) is 0.645. The zero-order valence-electron chi connectivity index (χ0n) is 18.5. The third-order valence-electron chi connectivity index (χ3n) is 4.35. The second kappa shape index (κ2) is 16.4. The van der Waals surface area contributed by atoms with E-state index in [2.05, 4.69) is 29.5 Å². The first-order chi connectivity index (χ1) is 14.5. The zero-order chi connectivity index (χ0) is 22.2. The number of halogens is 1. The van der Waals surface area contributed by atoms with E-state index in [-0.39, 0.29) is 12.4 Å². The van der Waals surface area contributed by atoms with Gasteiger partial charge in [0.05, 0.1) is 18.8 Å². The summed E-state index contributed by atoms with van der Waals surface area (Å²) < 4.78 is 23.5. The van der Waals surface area contributed by atoms with Crippen LogP contribution < -0.4 is 9.47 Å². The minimum absolute atomic E-state index is 0.0575. The van der Waals surface area contributed by atoms with Gasteiger partial charge >= 0.3 is 5.97 Å². The molecule has 30 heavy (non-hydrogen) atoms. The van der Waals surface area contributed by atoms with Gasteiger partial charge in [0.15, 0.2) is 12.4 Å². The molecule has 6 nitrogen and oxygen atoms in total. The van der Waals surface area contributed by atoms with Crippen molar-refractivity contribution in [2.24, 2.45) is 0 Å². The fraction of sp³-hybridized carbons (Fsp3) is 0.652. The molecular weight excluding hydrogens is 499 g/mol. The molecule has 0 saturated heterocycles. The van der Waals surface area contributed by atoms with Crippen LogP contribution in [0.1, 0.15) is 68.8 Å². The smallest absolute Gasteiger partial charge is 0.344 e. The van der Waals surface area contributed by atoms with Crippen molar-refractivity contribution < 1.29 is 28.5 Å². The molecule has 7 heteroatoms. The molecule has 0 aliphatic carbocycles. The molecule has 0 N–H and O–H groups in total. The van der Waals surface area contributed by atoms with Crippen LogP contribution in [-0.4, -0.2) is 49.2 Å². The van der Waals surface area contributed by atoms with Gasteiger partial charge in [-0.1, -0.05) is 35.9 Å². The zero-order valence-corrected chi connectivity index (χ0v) is 20.6. The number of benzene rings is 1. The van der Waals surface area contributed by atoms with Crippen molar-refractivity contribution >= 4 is 34.3 Å². The fourth-order valence-corrected chi connectivity index (χ4v) is 3.43. The summed E-state index contributed by atoms with van der Waals surface area (Å²) in [5, 5.41) is 0. The van der Waals surface area contributed by atoms with Crippen LogP contribution in [0.2, 0.25) is 0 Å². The van der Waals surface area contributed by atoms with Gasteiger partial charge in [-0.2, -0.15) is 0 Å². The number of esters is 1. The maximum Gasteiger partial charge on any atom is 0.344 e. The largest absolute Gasteiger partial charge is 0.492 e. The molecule has 0 saturated carbocycles. The molecule has 1 aromatic rings. The summed E-state index contributed by atoms with van der Waals surface area (Å²) in [5.41, 5.74) is 1.36. The number of rotatable bonds is 17. The molecular formula is C23H35IO6. The van der Waals surface area contributed by atoms with Crippen LogP contribution in [0.25, 0.3) is 0 Å². The molecule has 0 unspecified atom stereocenters. The Morgan fingerprint density at radius 3 is 2.30 bits per heavy atom. The summed E-state index contributed by atoms with van der Waals surface area (Å²) >= 11 is 2.37. The van der Waals surface area contributed by atoms with E-state index in [0.29, 0.717) is 43.3 Å². The van der Waals surface area contributed by atoms with Gasteiger partial charge in [0.25, 0.3) is 0 Å². The molecule has 0 radical (unpaired) electrons. The van der Waals surface area contributed by atoms with Crippen molar-refractivity contribution in [3.63, 3.8) is 0 Å². The van der Waals surface area contributed by atoms with Crippen LogP contribution in [0.3, 0.4) is 0 Å². The van der Waals surface area contributed by atoms with Crippen molar-refractivity contribution in [2.45, 2.75) is 59.3 Å². The van der Waals surface area contributed by atoms with Crippen molar-refractivity contribution in [1.82, 2.24) is 0 Å². The monoisotopic (exact) mass is 534 g/mol. The number of Topliss-reactive ketones (excluding diaryl/α,β-unsaturated/α-hetero) is 1. The van der Waals surface area contributed by atoms with Gasteiger partial charge in [-0.3, -0.25) is 4.79 Å². The summed E-state index contributed by atoms with van der Waals surface area (Å²) in [6.07, 6.45) is 5.57. The lowest BCUT2D eigenvalue weighted by molar-refractivity contribution is -0.145. The van der Waals surface area contributed by atoms with Crippen molar-refractivity contribution in [3.05, 3.63) is 23.3 Å². The molecule has 0 aromatic heterocycles. The fourth-order valence-electron chi connectivity index (χ4n) is 2.89. The van der Waals surface area contributed by atoms with E-state index in [1.54, 1.807) is 19.1 Å². The number of ketones is 1. The number of alkyl halides is 1. The highest BCUT2D eigenvalue weighted by Crippen LogP contribution is 2.34. The summed E-state index contributed by atoms with van der Waals surface area (Å²) in [7, 11) is 0. The van der Waals surface area contributed by atoms with E-state index in [1.165, 1.54) is 13.3 Å². The molecule has 0 heterocycles. The third-order valence-corrected chi connectivity index (χ3v) is 5.11. The topological polar surface area (TPSA) is 71.1 Å². The van der Waals surface area contributed by atoms with Crippen LogP contribution in [0.4, 0.5) is 0 Å². The maximum absolute atomic E-state index is 12.1. The van der Waals surface area contributed by atoms with Gasteiger partial charge in [0, 0.05) is 18.8 Å². The van der Waals surface area contributed by atoms with Crippen molar-refractivity contribution in [3.8, 4) is 11.5 Å². The molecule has 0 bridgehead atoms. The Kier molecular flexibility index (Phi) is 14.5. The molecule has 0 spiro atoms. The predicted molar refractivity (Wildman–Crippen MR) is 126 cm³/mol. The van der Waals surface area contributed by atoms with E-state index in [0.717, 1.165) is 42.3 Å². The highest BCUT2D eigenvalue weighted by Gasteiger charge is 2.19. The average Bonchev–Trinajstić information content (AvgIpc) is 2.72. The Bertz CT molecular complexity index is 647.